The van der Waals surface area contributed by atoms with E-state index in [-0.39, 0.29) is 5.15 Å². The first-order chi connectivity index (χ1) is 12.2. The number of nitrogens with zero attached hydrogens (tertiary/aromatic N) is 3. The summed E-state index contributed by atoms with van der Waals surface area (Å²) in [6.07, 6.45) is 4.07. The Morgan fingerprint density at radius 3 is 2.76 bits per heavy atom. The monoisotopic (exact) mass is 356 g/mol. The van der Waals surface area contributed by atoms with Crippen LogP contribution in [0.15, 0.2) is 54.9 Å². The molecule has 7 heteroatoms. The van der Waals surface area contributed by atoms with Crippen molar-refractivity contribution in [3.63, 3.8) is 0 Å². The Kier molecular flexibility index (Phi) is 5.30. The highest BCUT2D eigenvalue weighted by Gasteiger charge is 2.16. The molecule has 0 bridgehead atoms. The van der Waals surface area contributed by atoms with Crippen LogP contribution < -0.4 is 10.1 Å². The zero-order valence-corrected chi connectivity index (χ0v) is 14.4. The second-order valence-electron chi connectivity index (χ2n) is 5.31. The highest BCUT2D eigenvalue weighted by atomic mass is 35.5. The van der Waals surface area contributed by atoms with Gasteiger partial charge in [0.2, 0.25) is 0 Å². The van der Waals surface area contributed by atoms with Crippen molar-refractivity contribution in [2.45, 2.75) is 19.8 Å². The van der Waals surface area contributed by atoms with E-state index >= 15 is 0 Å². The number of anilines is 1. The molecule has 1 amide bonds. The highest BCUT2D eigenvalue weighted by molar-refractivity contribution is 6.32. The number of benzene rings is 1. The minimum absolute atomic E-state index is 0.202. The highest BCUT2D eigenvalue weighted by Crippen LogP contribution is 2.24. The largest absolute Gasteiger partial charge is 0.417 e. The van der Waals surface area contributed by atoms with Gasteiger partial charge in [0.25, 0.3) is 0 Å². The number of hydrogen-bond donors (Lipinski definition) is 1. The van der Waals surface area contributed by atoms with E-state index in [4.69, 9.17) is 16.3 Å². The van der Waals surface area contributed by atoms with Gasteiger partial charge in [0.15, 0.2) is 10.9 Å². The minimum Gasteiger partial charge on any atom is -0.406 e. The lowest BCUT2D eigenvalue weighted by Crippen LogP contribution is -2.18. The molecule has 2 heterocycles. The van der Waals surface area contributed by atoms with Crippen LogP contribution in [-0.4, -0.2) is 20.9 Å². The lowest BCUT2D eigenvalue weighted by atomic mass is 10.2. The number of carbonyl (C=O) groups excluding carboxylic acids is 1. The van der Waals surface area contributed by atoms with Gasteiger partial charge in [0.1, 0.15) is 0 Å². The van der Waals surface area contributed by atoms with Crippen molar-refractivity contribution in [1.82, 2.24) is 14.8 Å². The Bertz CT molecular complexity index is 865. The summed E-state index contributed by atoms with van der Waals surface area (Å²) in [5.74, 6) is 0.420. The van der Waals surface area contributed by atoms with Crippen LogP contribution in [0.5, 0.6) is 5.75 Å². The van der Waals surface area contributed by atoms with Crippen molar-refractivity contribution in [3.05, 3.63) is 65.7 Å². The third-order valence-corrected chi connectivity index (χ3v) is 3.82. The van der Waals surface area contributed by atoms with Gasteiger partial charge in [0, 0.05) is 6.20 Å². The molecule has 0 radical (unpaired) electrons. The molecular formula is C18H17ClN4O2. The average Bonchev–Trinajstić information content (AvgIpc) is 3.00. The van der Waals surface area contributed by atoms with Crippen molar-refractivity contribution >= 4 is 23.4 Å². The first kappa shape index (κ1) is 17.0. The van der Waals surface area contributed by atoms with Crippen LogP contribution in [-0.2, 0) is 6.42 Å². The van der Waals surface area contributed by atoms with E-state index in [9.17, 15) is 4.79 Å². The van der Waals surface area contributed by atoms with Gasteiger partial charge in [-0.2, -0.15) is 5.10 Å². The van der Waals surface area contributed by atoms with Crippen LogP contribution in [0.1, 0.15) is 19.0 Å². The van der Waals surface area contributed by atoms with Gasteiger partial charge < -0.3 is 4.74 Å². The number of rotatable bonds is 5. The molecule has 25 heavy (non-hydrogen) atoms. The normalized spacial score (nSPS) is 10.5. The second kappa shape index (κ2) is 7.81. The molecule has 0 fully saturated rings. The van der Waals surface area contributed by atoms with E-state index in [0.29, 0.717) is 11.4 Å². The maximum absolute atomic E-state index is 12.2. The fourth-order valence-corrected chi connectivity index (χ4v) is 2.58. The number of ether oxygens (including phenoxy) is 1. The first-order valence-electron chi connectivity index (χ1n) is 7.90. The first-order valence-corrected chi connectivity index (χ1v) is 8.28. The molecule has 0 saturated heterocycles. The number of amides is 1. The van der Waals surface area contributed by atoms with Crippen LogP contribution >= 0.6 is 11.6 Å². The molecule has 0 saturated carbocycles. The number of hydrogen-bond acceptors (Lipinski definition) is 4. The van der Waals surface area contributed by atoms with Gasteiger partial charge in [-0.3, -0.25) is 5.32 Å². The van der Waals surface area contributed by atoms with Crippen molar-refractivity contribution in [3.8, 4) is 11.4 Å². The fraction of sp³-hybridized carbons (Fsp3) is 0.167. The van der Waals surface area contributed by atoms with E-state index in [1.165, 1.54) is 0 Å². The lowest BCUT2D eigenvalue weighted by Gasteiger charge is -2.10. The third-order valence-electron chi connectivity index (χ3n) is 3.52. The van der Waals surface area contributed by atoms with E-state index in [0.717, 1.165) is 24.2 Å². The second-order valence-corrected chi connectivity index (χ2v) is 5.67. The van der Waals surface area contributed by atoms with Gasteiger partial charge in [0.05, 0.1) is 23.3 Å². The predicted molar refractivity (Wildman–Crippen MR) is 96.5 cm³/mol. The maximum Gasteiger partial charge on any atom is 0.417 e. The Labute approximate surface area is 150 Å². The number of aromatic nitrogens is 3. The molecule has 0 aliphatic carbocycles. The number of pyridine rings is 1. The molecule has 1 aromatic carbocycles. The summed E-state index contributed by atoms with van der Waals surface area (Å²) in [7, 11) is 0. The molecule has 0 aliphatic heterocycles. The van der Waals surface area contributed by atoms with Crippen molar-refractivity contribution in [2.75, 3.05) is 5.32 Å². The molecule has 0 aliphatic rings. The molecule has 128 valence electrons. The number of carbonyl (C=O) groups is 1. The van der Waals surface area contributed by atoms with Gasteiger partial charge >= 0.3 is 6.09 Å². The third kappa shape index (κ3) is 3.97. The molecule has 3 aromatic rings. The number of para-hydroxylation sites is 1. The summed E-state index contributed by atoms with van der Waals surface area (Å²) in [5.41, 5.74) is 2.14. The summed E-state index contributed by atoms with van der Waals surface area (Å²) in [4.78, 5) is 16.1. The minimum atomic E-state index is -0.639. The summed E-state index contributed by atoms with van der Waals surface area (Å²) >= 11 is 5.94. The maximum atomic E-state index is 12.2. The Hall–Kier alpha value is -2.86. The zero-order chi connectivity index (χ0) is 17.6. The quantitative estimate of drug-likeness (QED) is 0.684. The summed E-state index contributed by atoms with van der Waals surface area (Å²) < 4.78 is 7.22. The van der Waals surface area contributed by atoms with Crippen LogP contribution in [0.25, 0.3) is 5.69 Å². The Balaban J connectivity index is 1.81. The summed E-state index contributed by atoms with van der Waals surface area (Å²) in [6.45, 7) is 2.06. The standard InChI is InChI=1S/C18H17ClN4O2/c1-2-7-15-16(12-21-23(15)13-8-4-3-5-9-13)25-18(24)22-14-10-6-11-20-17(14)19/h3-6,8-12H,2,7H2,1H3,(H,22,24). The summed E-state index contributed by atoms with van der Waals surface area (Å²) in [5, 5.41) is 7.14. The van der Waals surface area contributed by atoms with Gasteiger partial charge in [-0.1, -0.05) is 43.1 Å². The fourth-order valence-electron chi connectivity index (χ4n) is 2.42. The molecule has 1 N–H and O–H groups in total. The molecule has 0 unspecified atom stereocenters. The van der Waals surface area contributed by atoms with Gasteiger partial charge in [-0.25, -0.2) is 14.5 Å². The molecule has 0 spiro atoms. The molecular weight excluding hydrogens is 340 g/mol. The van der Waals surface area contributed by atoms with Crippen molar-refractivity contribution < 1.29 is 9.53 Å². The van der Waals surface area contributed by atoms with E-state index in [1.807, 2.05) is 30.3 Å². The van der Waals surface area contributed by atoms with Gasteiger partial charge in [-0.15, -0.1) is 0 Å². The SMILES string of the molecule is CCCc1c(OC(=O)Nc2cccnc2Cl)cnn1-c1ccccc1. The Morgan fingerprint density at radius 2 is 2.04 bits per heavy atom. The molecule has 6 nitrogen and oxygen atoms in total. The average molecular weight is 357 g/mol. The van der Waals surface area contributed by atoms with Gasteiger partial charge in [-0.05, 0) is 30.7 Å². The van der Waals surface area contributed by atoms with E-state index in [1.54, 1.807) is 29.2 Å². The topological polar surface area (TPSA) is 69.0 Å². The van der Waals surface area contributed by atoms with E-state index in [2.05, 4.69) is 22.3 Å². The number of nitrogens with one attached hydrogen (secondary N) is 1. The van der Waals surface area contributed by atoms with E-state index < -0.39 is 6.09 Å². The Morgan fingerprint density at radius 1 is 1.24 bits per heavy atom. The smallest absolute Gasteiger partial charge is 0.406 e. The zero-order valence-electron chi connectivity index (χ0n) is 13.6. The predicted octanol–water partition coefficient (Wildman–Crippen LogP) is 4.48. The van der Waals surface area contributed by atoms with Crippen LogP contribution in [0.4, 0.5) is 10.5 Å². The van der Waals surface area contributed by atoms with Crippen molar-refractivity contribution in [2.24, 2.45) is 0 Å². The molecule has 0 atom stereocenters. The number of halogens is 1. The van der Waals surface area contributed by atoms with Crippen molar-refractivity contribution in [1.29, 1.82) is 0 Å². The molecule has 2 aromatic heterocycles. The van der Waals surface area contributed by atoms with Crippen LogP contribution in [0, 0.1) is 0 Å². The lowest BCUT2D eigenvalue weighted by molar-refractivity contribution is 0.214. The van der Waals surface area contributed by atoms with Crippen LogP contribution in [0.2, 0.25) is 5.15 Å². The van der Waals surface area contributed by atoms with Crippen LogP contribution in [0.3, 0.4) is 0 Å². The molecule has 3 rings (SSSR count). The summed E-state index contributed by atoms with van der Waals surface area (Å²) in [6, 6.07) is 13.0.